The predicted molar refractivity (Wildman–Crippen MR) is 80.8 cm³/mol. The zero-order valence-electron chi connectivity index (χ0n) is 11.4. The lowest BCUT2D eigenvalue weighted by Gasteiger charge is -2.11. The van der Waals surface area contributed by atoms with Crippen LogP contribution >= 0.6 is 22.9 Å². The second-order valence-electron chi connectivity index (χ2n) is 4.39. The van der Waals surface area contributed by atoms with Crippen molar-refractivity contribution in [1.82, 2.24) is 29.5 Å². The largest absolute Gasteiger partial charge is 0.345 e. The summed E-state index contributed by atoms with van der Waals surface area (Å²) in [6, 6.07) is -0.0159. The van der Waals surface area contributed by atoms with Crippen LogP contribution in [-0.2, 0) is 0 Å². The Hall–Kier alpha value is -2.06. The van der Waals surface area contributed by atoms with Crippen molar-refractivity contribution in [2.75, 3.05) is 5.32 Å². The number of hydrogen-bond donors (Lipinski definition) is 1. The maximum Gasteiger partial charge on any atom is 0.241 e. The number of rotatable bonds is 4. The molecule has 0 aliphatic heterocycles. The lowest BCUT2D eigenvalue weighted by molar-refractivity contribution is 0.823. The van der Waals surface area contributed by atoms with E-state index >= 15 is 0 Å². The predicted octanol–water partition coefficient (Wildman–Crippen LogP) is 2.65. The van der Waals surface area contributed by atoms with Crippen LogP contribution in [0.15, 0.2) is 24.1 Å². The molecule has 0 amide bonds. The van der Waals surface area contributed by atoms with E-state index in [1.807, 2.05) is 19.2 Å². The molecule has 1 N–H and O–H groups in total. The molecule has 3 aromatic rings. The molecular formula is C12H12ClN7S. The van der Waals surface area contributed by atoms with Gasteiger partial charge in [-0.2, -0.15) is 15.0 Å². The van der Waals surface area contributed by atoms with Crippen LogP contribution in [0.3, 0.4) is 0 Å². The van der Waals surface area contributed by atoms with Crippen LogP contribution < -0.4 is 5.32 Å². The fourth-order valence-corrected chi connectivity index (χ4v) is 2.68. The fourth-order valence-electron chi connectivity index (χ4n) is 1.72. The van der Waals surface area contributed by atoms with Crippen LogP contribution in [0.1, 0.15) is 23.7 Å². The summed E-state index contributed by atoms with van der Waals surface area (Å²) in [6.45, 7) is 3.95. The maximum absolute atomic E-state index is 5.95. The average molecular weight is 322 g/mol. The minimum Gasteiger partial charge on any atom is -0.345 e. The molecule has 108 valence electrons. The molecule has 0 saturated heterocycles. The Labute approximate surface area is 130 Å². The van der Waals surface area contributed by atoms with E-state index in [-0.39, 0.29) is 11.3 Å². The zero-order valence-corrected chi connectivity index (χ0v) is 12.9. The second kappa shape index (κ2) is 5.74. The van der Waals surface area contributed by atoms with E-state index < -0.39 is 0 Å². The van der Waals surface area contributed by atoms with Gasteiger partial charge >= 0.3 is 0 Å². The molecular weight excluding hydrogens is 310 g/mol. The number of nitrogens with zero attached hydrogens (tertiary/aromatic N) is 6. The zero-order chi connectivity index (χ0) is 14.8. The third-order valence-corrected chi connectivity index (χ3v) is 4.00. The molecule has 0 aromatic carbocycles. The van der Waals surface area contributed by atoms with Crippen molar-refractivity contribution in [3.8, 4) is 5.95 Å². The molecule has 0 aliphatic rings. The summed E-state index contributed by atoms with van der Waals surface area (Å²) in [6.07, 6.45) is 4.98. The summed E-state index contributed by atoms with van der Waals surface area (Å²) in [7, 11) is 0. The summed E-state index contributed by atoms with van der Waals surface area (Å²) >= 11 is 7.54. The van der Waals surface area contributed by atoms with Crippen molar-refractivity contribution in [3.05, 3.63) is 40.1 Å². The summed E-state index contributed by atoms with van der Waals surface area (Å²) in [4.78, 5) is 20.9. The third kappa shape index (κ3) is 3.17. The van der Waals surface area contributed by atoms with Gasteiger partial charge in [0, 0.05) is 23.5 Å². The van der Waals surface area contributed by atoms with Crippen molar-refractivity contribution in [1.29, 1.82) is 0 Å². The average Bonchev–Trinajstić information content (AvgIpc) is 3.08. The monoisotopic (exact) mass is 321 g/mol. The molecule has 7 nitrogen and oxygen atoms in total. The fraction of sp³-hybridized carbons (Fsp3) is 0.250. The van der Waals surface area contributed by atoms with Crippen LogP contribution in [-0.4, -0.2) is 29.5 Å². The van der Waals surface area contributed by atoms with Gasteiger partial charge in [0.2, 0.25) is 17.2 Å². The first-order valence-corrected chi connectivity index (χ1v) is 7.46. The van der Waals surface area contributed by atoms with E-state index in [1.54, 1.807) is 34.6 Å². The summed E-state index contributed by atoms with van der Waals surface area (Å²) < 4.78 is 1.66. The standard InChI is InChI=1S/C12H12ClN7S/c1-7-5-21-9(15-7)8(2)16-11-17-10(13)18-12(19-11)20-4-3-14-6-20/h3-6,8H,1-2H3,(H,16,17,18,19). The molecule has 0 bridgehead atoms. The number of aryl methyl sites for hydroxylation is 1. The van der Waals surface area contributed by atoms with Gasteiger partial charge in [0.05, 0.1) is 6.04 Å². The van der Waals surface area contributed by atoms with Gasteiger partial charge in [-0.25, -0.2) is 9.97 Å². The highest BCUT2D eigenvalue weighted by atomic mass is 35.5. The van der Waals surface area contributed by atoms with Crippen molar-refractivity contribution in [3.63, 3.8) is 0 Å². The van der Waals surface area contributed by atoms with Gasteiger partial charge in [0.25, 0.3) is 0 Å². The summed E-state index contributed by atoms with van der Waals surface area (Å²) in [5.41, 5.74) is 0.997. The van der Waals surface area contributed by atoms with Gasteiger partial charge in [-0.05, 0) is 25.4 Å². The second-order valence-corrected chi connectivity index (χ2v) is 5.62. The number of hydrogen-bond acceptors (Lipinski definition) is 7. The Morgan fingerprint density at radius 3 is 2.81 bits per heavy atom. The van der Waals surface area contributed by atoms with E-state index in [0.29, 0.717) is 11.9 Å². The molecule has 1 unspecified atom stereocenters. The molecule has 9 heteroatoms. The smallest absolute Gasteiger partial charge is 0.241 e. The molecule has 1 atom stereocenters. The molecule has 3 heterocycles. The van der Waals surface area contributed by atoms with E-state index in [2.05, 4.69) is 30.2 Å². The highest BCUT2D eigenvalue weighted by molar-refractivity contribution is 7.09. The molecule has 3 aromatic heterocycles. The van der Waals surface area contributed by atoms with Crippen LogP contribution in [0.5, 0.6) is 0 Å². The molecule has 0 radical (unpaired) electrons. The lowest BCUT2D eigenvalue weighted by atomic mass is 10.3. The molecule has 0 aliphatic carbocycles. The van der Waals surface area contributed by atoms with Gasteiger partial charge in [-0.1, -0.05) is 0 Å². The summed E-state index contributed by atoms with van der Waals surface area (Å²) in [5, 5.41) is 6.28. The first kappa shape index (κ1) is 13.9. The molecule has 3 rings (SSSR count). The number of anilines is 1. The Kier molecular flexibility index (Phi) is 3.80. The van der Waals surface area contributed by atoms with Crippen LogP contribution in [0.4, 0.5) is 5.95 Å². The van der Waals surface area contributed by atoms with E-state index in [0.717, 1.165) is 10.7 Å². The molecule has 0 spiro atoms. The molecule has 0 fully saturated rings. The van der Waals surface area contributed by atoms with E-state index in [9.17, 15) is 0 Å². The van der Waals surface area contributed by atoms with Gasteiger partial charge in [0.15, 0.2) is 0 Å². The Morgan fingerprint density at radius 1 is 1.29 bits per heavy atom. The Bertz CT molecular complexity index is 740. The highest BCUT2D eigenvalue weighted by Gasteiger charge is 2.13. The number of halogens is 1. The first-order valence-electron chi connectivity index (χ1n) is 6.20. The van der Waals surface area contributed by atoms with Crippen LogP contribution in [0.25, 0.3) is 5.95 Å². The van der Waals surface area contributed by atoms with E-state index in [1.165, 1.54) is 0 Å². The third-order valence-electron chi connectivity index (χ3n) is 2.68. The van der Waals surface area contributed by atoms with Crippen LogP contribution in [0.2, 0.25) is 5.28 Å². The minimum absolute atomic E-state index is 0.0159. The number of nitrogens with one attached hydrogen (secondary N) is 1. The van der Waals surface area contributed by atoms with Crippen molar-refractivity contribution in [2.24, 2.45) is 0 Å². The van der Waals surface area contributed by atoms with Gasteiger partial charge in [0.1, 0.15) is 11.3 Å². The number of imidazole rings is 1. The maximum atomic E-state index is 5.95. The van der Waals surface area contributed by atoms with E-state index in [4.69, 9.17) is 11.6 Å². The van der Waals surface area contributed by atoms with Crippen molar-refractivity contribution < 1.29 is 0 Å². The molecule has 0 saturated carbocycles. The lowest BCUT2D eigenvalue weighted by Crippen LogP contribution is -2.12. The van der Waals surface area contributed by atoms with Gasteiger partial charge in [-0.15, -0.1) is 11.3 Å². The first-order chi connectivity index (χ1) is 10.1. The normalized spacial score (nSPS) is 12.3. The van der Waals surface area contributed by atoms with Gasteiger partial charge < -0.3 is 5.32 Å². The van der Waals surface area contributed by atoms with Crippen LogP contribution in [0, 0.1) is 6.92 Å². The summed E-state index contributed by atoms with van der Waals surface area (Å²) in [5.74, 6) is 0.816. The Balaban J connectivity index is 1.85. The molecule has 21 heavy (non-hydrogen) atoms. The quantitative estimate of drug-likeness (QED) is 0.795. The van der Waals surface area contributed by atoms with Crippen molar-refractivity contribution >= 4 is 28.9 Å². The number of thiazole rings is 1. The van der Waals surface area contributed by atoms with Crippen molar-refractivity contribution in [2.45, 2.75) is 19.9 Å². The number of aromatic nitrogens is 6. The highest BCUT2D eigenvalue weighted by Crippen LogP contribution is 2.21. The topological polar surface area (TPSA) is 81.4 Å². The minimum atomic E-state index is -0.0159. The Morgan fingerprint density at radius 2 is 2.14 bits per heavy atom. The SMILES string of the molecule is Cc1csc(C(C)Nc2nc(Cl)nc(-n3ccnc3)n2)n1. The van der Waals surface area contributed by atoms with Gasteiger partial charge in [-0.3, -0.25) is 4.57 Å².